The number of rotatable bonds is 8. The van der Waals surface area contributed by atoms with E-state index in [1.807, 2.05) is 10.6 Å². The van der Waals surface area contributed by atoms with Crippen LogP contribution in [0.2, 0.25) is 0 Å². The summed E-state index contributed by atoms with van der Waals surface area (Å²) in [6.45, 7) is 4.42. The first-order valence-electron chi connectivity index (χ1n) is 8.41. The van der Waals surface area contributed by atoms with Gasteiger partial charge in [-0.25, -0.2) is 0 Å². The van der Waals surface area contributed by atoms with E-state index < -0.39 is 0 Å². The van der Waals surface area contributed by atoms with E-state index in [4.69, 9.17) is 0 Å². The molecule has 0 unspecified atom stereocenters. The highest BCUT2D eigenvalue weighted by molar-refractivity contribution is 7.99. The molecular weight excluding hydrogens is 350 g/mol. The maximum Gasteiger partial charge on any atom is 0.251 e. The molecule has 7 nitrogen and oxygen atoms in total. The van der Waals surface area contributed by atoms with Crippen LogP contribution in [0.5, 0.6) is 0 Å². The van der Waals surface area contributed by atoms with E-state index in [0.717, 1.165) is 23.8 Å². The zero-order valence-corrected chi connectivity index (χ0v) is 15.4. The molecule has 2 aromatic rings. The fourth-order valence-electron chi connectivity index (χ4n) is 2.53. The lowest BCUT2D eigenvalue weighted by atomic mass is 10.2. The third-order valence-corrected chi connectivity index (χ3v) is 4.96. The lowest BCUT2D eigenvalue weighted by molar-refractivity contribution is -0.113. The number of hydrogen-bond acceptors (Lipinski definition) is 5. The van der Waals surface area contributed by atoms with Crippen LogP contribution in [0, 0.1) is 0 Å². The molecule has 8 heteroatoms. The van der Waals surface area contributed by atoms with E-state index >= 15 is 0 Å². The Morgan fingerprint density at radius 1 is 1.31 bits per heavy atom. The SMILES string of the molecule is C=CCn1c(SCC(=O)Nc2ccc(C(=O)NC)cc2)nnc1C1CC1. The molecule has 1 heterocycles. The average molecular weight is 371 g/mol. The first-order chi connectivity index (χ1) is 12.6. The summed E-state index contributed by atoms with van der Waals surface area (Å²) >= 11 is 1.36. The van der Waals surface area contributed by atoms with Gasteiger partial charge in [-0.2, -0.15) is 0 Å². The van der Waals surface area contributed by atoms with Gasteiger partial charge in [0, 0.05) is 30.8 Å². The van der Waals surface area contributed by atoms with Gasteiger partial charge in [0.15, 0.2) is 5.16 Å². The number of anilines is 1. The van der Waals surface area contributed by atoms with Gasteiger partial charge < -0.3 is 15.2 Å². The Balaban J connectivity index is 1.57. The van der Waals surface area contributed by atoms with Crippen molar-refractivity contribution in [1.29, 1.82) is 0 Å². The quantitative estimate of drug-likeness (QED) is 0.550. The Morgan fingerprint density at radius 3 is 2.65 bits per heavy atom. The van der Waals surface area contributed by atoms with Crippen molar-refractivity contribution in [3.8, 4) is 0 Å². The van der Waals surface area contributed by atoms with Gasteiger partial charge in [-0.15, -0.1) is 16.8 Å². The maximum atomic E-state index is 12.2. The summed E-state index contributed by atoms with van der Waals surface area (Å²) < 4.78 is 2.03. The van der Waals surface area contributed by atoms with Gasteiger partial charge >= 0.3 is 0 Å². The molecule has 0 atom stereocenters. The Labute approximate surface area is 156 Å². The summed E-state index contributed by atoms with van der Waals surface area (Å²) in [5.74, 6) is 1.41. The lowest BCUT2D eigenvalue weighted by Crippen LogP contribution is -2.18. The van der Waals surface area contributed by atoms with E-state index in [-0.39, 0.29) is 17.6 Å². The number of thioether (sulfide) groups is 1. The number of allylic oxidation sites excluding steroid dienone is 1. The molecule has 0 spiro atoms. The van der Waals surface area contributed by atoms with Crippen LogP contribution in [0.3, 0.4) is 0 Å². The van der Waals surface area contributed by atoms with E-state index in [1.54, 1.807) is 31.3 Å². The monoisotopic (exact) mass is 371 g/mol. The summed E-state index contributed by atoms with van der Waals surface area (Å²) in [4.78, 5) is 23.7. The maximum absolute atomic E-state index is 12.2. The van der Waals surface area contributed by atoms with Crippen LogP contribution in [0.15, 0.2) is 42.1 Å². The lowest BCUT2D eigenvalue weighted by Gasteiger charge is -2.08. The van der Waals surface area contributed by atoms with E-state index in [9.17, 15) is 9.59 Å². The molecule has 0 bridgehead atoms. The van der Waals surface area contributed by atoms with Gasteiger partial charge in [0.1, 0.15) is 5.82 Å². The molecule has 0 aliphatic heterocycles. The fourth-order valence-corrected chi connectivity index (χ4v) is 3.28. The number of benzene rings is 1. The van der Waals surface area contributed by atoms with Gasteiger partial charge in [0.2, 0.25) is 5.91 Å². The molecule has 1 fully saturated rings. The Morgan fingerprint density at radius 2 is 2.04 bits per heavy atom. The minimum Gasteiger partial charge on any atom is -0.355 e. The number of aromatic nitrogens is 3. The summed E-state index contributed by atoms with van der Waals surface area (Å²) in [7, 11) is 1.58. The molecule has 1 aromatic carbocycles. The standard InChI is InChI=1S/C18H21N5O2S/c1-3-10-23-16(12-4-5-12)21-22-18(23)26-11-15(24)20-14-8-6-13(7-9-14)17(25)19-2/h3,6-9,12H,1,4-5,10-11H2,2H3,(H,19,25)(H,20,24). The van der Waals surface area contributed by atoms with Gasteiger partial charge in [0.05, 0.1) is 5.75 Å². The van der Waals surface area contributed by atoms with Crippen molar-refractivity contribution in [2.45, 2.75) is 30.5 Å². The Bertz CT molecular complexity index is 811. The van der Waals surface area contributed by atoms with Crippen LogP contribution in [0.25, 0.3) is 0 Å². The van der Waals surface area contributed by atoms with Crippen LogP contribution in [-0.2, 0) is 11.3 Å². The predicted octanol–water partition coefficient (Wildman–Crippen LogP) is 2.43. The van der Waals surface area contributed by atoms with Crippen molar-refractivity contribution in [3.05, 3.63) is 48.3 Å². The van der Waals surface area contributed by atoms with Crippen LogP contribution in [0.4, 0.5) is 5.69 Å². The van der Waals surface area contributed by atoms with E-state index in [0.29, 0.717) is 23.7 Å². The number of hydrogen-bond donors (Lipinski definition) is 2. The molecule has 136 valence electrons. The number of carbonyl (C=O) groups is 2. The first-order valence-corrected chi connectivity index (χ1v) is 9.39. The fraction of sp³-hybridized carbons (Fsp3) is 0.333. The average Bonchev–Trinajstić information content (AvgIpc) is 3.42. The van der Waals surface area contributed by atoms with Gasteiger partial charge in [-0.05, 0) is 37.1 Å². The molecule has 2 N–H and O–H groups in total. The van der Waals surface area contributed by atoms with Crippen molar-refractivity contribution < 1.29 is 9.59 Å². The van der Waals surface area contributed by atoms with Crippen LogP contribution < -0.4 is 10.6 Å². The summed E-state index contributed by atoms with van der Waals surface area (Å²) in [5.41, 5.74) is 1.19. The van der Waals surface area contributed by atoms with Gasteiger partial charge in [-0.1, -0.05) is 17.8 Å². The minimum absolute atomic E-state index is 0.135. The second-order valence-corrected chi connectivity index (χ2v) is 6.95. The van der Waals surface area contributed by atoms with E-state index in [2.05, 4.69) is 27.4 Å². The normalized spacial score (nSPS) is 13.3. The predicted molar refractivity (Wildman–Crippen MR) is 101 cm³/mol. The molecular formula is C18H21N5O2S. The van der Waals surface area contributed by atoms with E-state index in [1.165, 1.54) is 11.8 Å². The highest BCUT2D eigenvalue weighted by atomic mass is 32.2. The molecule has 2 amide bonds. The zero-order valence-electron chi connectivity index (χ0n) is 14.6. The number of amides is 2. The van der Waals surface area contributed by atoms with Crippen molar-refractivity contribution in [2.24, 2.45) is 0 Å². The third kappa shape index (κ3) is 4.32. The number of nitrogens with one attached hydrogen (secondary N) is 2. The van der Waals surface area contributed by atoms with Crippen molar-refractivity contribution >= 4 is 29.3 Å². The number of nitrogens with zero attached hydrogens (tertiary/aromatic N) is 3. The molecule has 0 radical (unpaired) electrons. The van der Waals surface area contributed by atoms with Crippen molar-refractivity contribution in [2.75, 3.05) is 18.1 Å². The molecule has 1 aromatic heterocycles. The summed E-state index contributed by atoms with van der Waals surface area (Å²) in [5, 5.41) is 14.6. The molecule has 1 saturated carbocycles. The molecule has 26 heavy (non-hydrogen) atoms. The molecule has 0 saturated heterocycles. The topological polar surface area (TPSA) is 88.9 Å². The van der Waals surface area contributed by atoms with Crippen molar-refractivity contribution in [1.82, 2.24) is 20.1 Å². The second kappa shape index (κ2) is 8.18. The molecule has 3 rings (SSSR count). The molecule has 1 aliphatic carbocycles. The smallest absolute Gasteiger partial charge is 0.251 e. The van der Waals surface area contributed by atoms with Gasteiger partial charge in [-0.3, -0.25) is 9.59 Å². The van der Waals surface area contributed by atoms with Gasteiger partial charge in [0.25, 0.3) is 5.91 Å². The highest BCUT2D eigenvalue weighted by Gasteiger charge is 2.30. The summed E-state index contributed by atoms with van der Waals surface area (Å²) in [6.07, 6.45) is 4.10. The number of carbonyl (C=O) groups excluding carboxylic acids is 2. The minimum atomic E-state index is -0.161. The Hall–Kier alpha value is -2.61. The highest BCUT2D eigenvalue weighted by Crippen LogP contribution is 2.40. The third-order valence-electron chi connectivity index (χ3n) is 3.99. The summed E-state index contributed by atoms with van der Waals surface area (Å²) in [6, 6.07) is 6.76. The Kier molecular flexibility index (Phi) is 5.72. The zero-order chi connectivity index (χ0) is 18.5. The van der Waals surface area contributed by atoms with Crippen molar-refractivity contribution in [3.63, 3.8) is 0 Å². The molecule has 1 aliphatic rings. The largest absolute Gasteiger partial charge is 0.355 e. The van der Waals surface area contributed by atoms with Crippen LogP contribution in [0.1, 0.15) is 34.9 Å². The van der Waals surface area contributed by atoms with Crippen LogP contribution in [-0.4, -0.2) is 39.4 Å². The first kappa shape index (κ1) is 18.2. The van der Waals surface area contributed by atoms with Crippen LogP contribution >= 0.6 is 11.8 Å². The second-order valence-electron chi connectivity index (χ2n) is 6.01.